The first-order valence-electron chi connectivity index (χ1n) is 6.39. The normalized spacial score (nSPS) is 18.7. The summed E-state index contributed by atoms with van der Waals surface area (Å²) in [7, 11) is 0. The third-order valence-electron chi connectivity index (χ3n) is 3.08. The molecular weight excluding hydrogens is 230 g/mol. The fourth-order valence-electron chi connectivity index (χ4n) is 2.29. The first-order chi connectivity index (χ1) is 8.50. The Balaban J connectivity index is 2.21. The molecule has 1 aromatic heterocycles. The molecule has 1 aromatic rings. The summed E-state index contributed by atoms with van der Waals surface area (Å²) in [5.74, 6) is 0.838. The second kappa shape index (κ2) is 4.96. The maximum atomic E-state index is 5.70. The van der Waals surface area contributed by atoms with Gasteiger partial charge in [0.2, 0.25) is 11.9 Å². The number of aromatic nitrogens is 3. The number of piperidine rings is 1. The number of hydrogen-bond acceptors (Lipinski definition) is 6. The number of anilines is 2. The van der Waals surface area contributed by atoms with Gasteiger partial charge < -0.3 is 15.4 Å². The Morgan fingerprint density at radius 2 is 2.11 bits per heavy atom. The Bertz CT molecular complexity index is 421. The van der Waals surface area contributed by atoms with Crippen molar-refractivity contribution in [1.82, 2.24) is 15.0 Å². The molecule has 2 rings (SSSR count). The zero-order chi connectivity index (χ0) is 13.2. The summed E-state index contributed by atoms with van der Waals surface area (Å²) in [5, 5.41) is 0. The molecule has 0 unspecified atom stereocenters. The minimum absolute atomic E-state index is 0.215. The molecule has 0 aliphatic carbocycles. The molecule has 0 saturated carbocycles. The van der Waals surface area contributed by atoms with Gasteiger partial charge in [0.1, 0.15) is 0 Å². The van der Waals surface area contributed by atoms with Gasteiger partial charge in [-0.1, -0.05) is 13.8 Å². The molecule has 18 heavy (non-hydrogen) atoms. The second-order valence-electron chi connectivity index (χ2n) is 5.40. The Labute approximate surface area is 108 Å². The van der Waals surface area contributed by atoms with Crippen molar-refractivity contribution in [3.63, 3.8) is 0 Å². The quantitative estimate of drug-likeness (QED) is 0.876. The van der Waals surface area contributed by atoms with Crippen LogP contribution in [0.2, 0.25) is 0 Å². The van der Waals surface area contributed by atoms with E-state index in [1.807, 2.05) is 6.92 Å². The van der Waals surface area contributed by atoms with Gasteiger partial charge in [0, 0.05) is 13.1 Å². The van der Waals surface area contributed by atoms with E-state index >= 15 is 0 Å². The van der Waals surface area contributed by atoms with E-state index in [1.165, 1.54) is 6.42 Å². The molecule has 0 atom stereocenters. The molecule has 0 radical (unpaired) electrons. The minimum atomic E-state index is 0.215. The van der Waals surface area contributed by atoms with Crippen LogP contribution in [0.3, 0.4) is 0 Å². The zero-order valence-corrected chi connectivity index (χ0v) is 11.3. The number of hydrogen-bond donors (Lipinski definition) is 1. The van der Waals surface area contributed by atoms with E-state index in [0.29, 0.717) is 18.6 Å². The molecule has 1 saturated heterocycles. The fraction of sp³-hybridized carbons (Fsp3) is 0.750. The SMILES string of the molecule is CCOc1nc(N)nc(N2CCCC(C)(C)C2)n1. The molecule has 2 heterocycles. The standard InChI is InChI=1S/C12H21N5O/c1-4-18-11-15-9(13)14-10(16-11)17-7-5-6-12(2,3)8-17/h4-8H2,1-3H3,(H2,13,14,15,16). The third-order valence-corrected chi connectivity index (χ3v) is 3.08. The molecule has 0 spiro atoms. The van der Waals surface area contributed by atoms with E-state index in [1.54, 1.807) is 0 Å². The van der Waals surface area contributed by atoms with Crippen molar-refractivity contribution in [3.05, 3.63) is 0 Å². The minimum Gasteiger partial charge on any atom is -0.464 e. The lowest BCUT2D eigenvalue weighted by atomic mass is 9.84. The fourth-order valence-corrected chi connectivity index (χ4v) is 2.29. The van der Waals surface area contributed by atoms with E-state index in [-0.39, 0.29) is 11.4 Å². The van der Waals surface area contributed by atoms with Crippen molar-refractivity contribution in [2.24, 2.45) is 5.41 Å². The van der Waals surface area contributed by atoms with Crippen LogP contribution in [0, 0.1) is 5.41 Å². The highest BCUT2D eigenvalue weighted by atomic mass is 16.5. The largest absolute Gasteiger partial charge is 0.464 e. The Morgan fingerprint density at radius 3 is 2.78 bits per heavy atom. The zero-order valence-electron chi connectivity index (χ0n) is 11.3. The predicted octanol–water partition coefficient (Wildman–Crippen LogP) is 1.48. The Kier molecular flexibility index (Phi) is 3.54. The summed E-state index contributed by atoms with van der Waals surface area (Å²) in [5.41, 5.74) is 5.98. The van der Waals surface area contributed by atoms with Crippen molar-refractivity contribution < 1.29 is 4.74 Å². The van der Waals surface area contributed by atoms with Crippen molar-refractivity contribution >= 4 is 11.9 Å². The van der Waals surface area contributed by atoms with Gasteiger partial charge >= 0.3 is 6.01 Å². The molecular formula is C12H21N5O. The first-order valence-corrected chi connectivity index (χ1v) is 6.39. The molecule has 1 fully saturated rings. The van der Waals surface area contributed by atoms with Crippen LogP contribution >= 0.6 is 0 Å². The van der Waals surface area contributed by atoms with Gasteiger partial charge in [-0.05, 0) is 25.2 Å². The van der Waals surface area contributed by atoms with Gasteiger partial charge in [0.05, 0.1) is 6.61 Å². The van der Waals surface area contributed by atoms with Crippen LogP contribution in [0.1, 0.15) is 33.6 Å². The topological polar surface area (TPSA) is 77.2 Å². The molecule has 0 bridgehead atoms. The van der Waals surface area contributed by atoms with E-state index in [2.05, 4.69) is 33.7 Å². The lowest BCUT2D eigenvalue weighted by Crippen LogP contribution is -2.41. The van der Waals surface area contributed by atoms with Gasteiger partial charge in [-0.3, -0.25) is 0 Å². The number of ether oxygens (including phenoxy) is 1. The summed E-state index contributed by atoms with van der Waals surface area (Å²) in [6.45, 7) is 8.82. The van der Waals surface area contributed by atoms with E-state index in [4.69, 9.17) is 10.5 Å². The molecule has 1 aliphatic rings. The molecule has 1 aliphatic heterocycles. The van der Waals surface area contributed by atoms with E-state index in [9.17, 15) is 0 Å². The summed E-state index contributed by atoms with van der Waals surface area (Å²) in [6, 6.07) is 0.309. The summed E-state index contributed by atoms with van der Waals surface area (Å²) >= 11 is 0. The van der Waals surface area contributed by atoms with Gasteiger partial charge in [0.15, 0.2) is 0 Å². The van der Waals surface area contributed by atoms with E-state index < -0.39 is 0 Å². The van der Waals surface area contributed by atoms with Crippen molar-refractivity contribution in [3.8, 4) is 6.01 Å². The molecule has 100 valence electrons. The first kappa shape index (κ1) is 12.9. The van der Waals surface area contributed by atoms with Crippen molar-refractivity contribution in [1.29, 1.82) is 0 Å². The average Bonchev–Trinajstić information content (AvgIpc) is 2.27. The third kappa shape index (κ3) is 3.00. The van der Waals surface area contributed by atoms with E-state index in [0.717, 1.165) is 19.5 Å². The molecule has 6 nitrogen and oxygen atoms in total. The van der Waals surface area contributed by atoms with Crippen molar-refractivity contribution in [2.75, 3.05) is 30.3 Å². The van der Waals surface area contributed by atoms with Gasteiger partial charge in [-0.15, -0.1) is 0 Å². The van der Waals surface area contributed by atoms with Gasteiger partial charge in [-0.25, -0.2) is 0 Å². The average molecular weight is 251 g/mol. The highest BCUT2D eigenvalue weighted by Crippen LogP contribution is 2.30. The van der Waals surface area contributed by atoms with Crippen LogP contribution in [0.25, 0.3) is 0 Å². The Hall–Kier alpha value is -1.59. The number of rotatable bonds is 3. The summed E-state index contributed by atoms with van der Waals surface area (Å²) in [4.78, 5) is 14.6. The second-order valence-corrected chi connectivity index (χ2v) is 5.40. The van der Waals surface area contributed by atoms with Crippen LogP contribution in [-0.4, -0.2) is 34.6 Å². The maximum absolute atomic E-state index is 5.70. The number of nitrogens with two attached hydrogens (primary N) is 1. The van der Waals surface area contributed by atoms with Crippen molar-refractivity contribution in [2.45, 2.75) is 33.6 Å². The highest BCUT2D eigenvalue weighted by molar-refractivity contribution is 5.36. The number of nitrogen functional groups attached to an aromatic ring is 1. The van der Waals surface area contributed by atoms with Gasteiger partial charge in [-0.2, -0.15) is 15.0 Å². The molecule has 6 heteroatoms. The predicted molar refractivity (Wildman–Crippen MR) is 70.6 cm³/mol. The molecule has 0 aromatic carbocycles. The van der Waals surface area contributed by atoms with Crippen LogP contribution < -0.4 is 15.4 Å². The highest BCUT2D eigenvalue weighted by Gasteiger charge is 2.28. The lowest BCUT2D eigenvalue weighted by Gasteiger charge is -2.37. The smallest absolute Gasteiger partial charge is 0.323 e. The maximum Gasteiger partial charge on any atom is 0.323 e. The summed E-state index contributed by atoms with van der Waals surface area (Å²) < 4.78 is 5.30. The monoisotopic (exact) mass is 251 g/mol. The lowest BCUT2D eigenvalue weighted by molar-refractivity contribution is 0.287. The van der Waals surface area contributed by atoms with Crippen LogP contribution in [-0.2, 0) is 0 Å². The van der Waals surface area contributed by atoms with Crippen LogP contribution in [0.5, 0.6) is 6.01 Å². The molecule has 2 N–H and O–H groups in total. The van der Waals surface area contributed by atoms with Gasteiger partial charge in [0.25, 0.3) is 0 Å². The number of nitrogens with zero attached hydrogens (tertiary/aromatic N) is 4. The van der Waals surface area contributed by atoms with Crippen LogP contribution in [0.4, 0.5) is 11.9 Å². The van der Waals surface area contributed by atoms with Crippen LogP contribution in [0.15, 0.2) is 0 Å². The Morgan fingerprint density at radius 1 is 1.33 bits per heavy atom. The molecule has 0 amide bonds. The summed E-state index contributed by atoms with van der Waals surface area (Å²) in [6.07, 6.45) is 2.37.